The molecule has 0 aliphatic carbocycles. The van der Waals surface area contributed by atoms with Crippen molar-refractivity contribution >= 4 is 5.82 Å². The molecule has 5 heteroatoms. The lowest BCUT2D eigenvalue weighted by Crippen LogP contribution is -2.42. The molecular formula is C18H23FN4. The molecule has 0 amide bonds. The highest BCUT2D eigenvalue weighted by Gasteiger charge is 2.23. The number of likely N-dealkylation sites (tertiary alicyclic amines) is 1. The van der Waals surface area contributed by atoms with Gasteiger partial charge in [-0.1, -0.05) is 12.1 Å². The van der Waals surface area contributed by atoms with Crippen LogP contribution in [0.3, 0.4) is 0 Å². The van der Waals surface area contributed by atoms with Gasteiger partial charge in [0.25, 0.3) is 0 Å². The lowest BCUT2D eigenvalue weighted by molar-refractivity contribution is 0.190. The summed E-state index contributed by atoms with van der Waals surface area (Å²) in [6, 6.07) is 7.55. The molecule has 1 saturated heterocycles. The summed E-state index contributed by atoms with van der Waals surface area (Å²) in [6.07, 6.45) is 6.28. The Morgan fingerprint density at radius 3 is 2.70 bits per heavy atom. The summed E-state index contributed by atoms with van der Waals surface area (Å²) in [5.74, 6) is 0.630. The molecule has 1 aliphatic rings. The highest BCUT2D eigenvalue weighted by molar-refractivity contribution is 5.43. The number of hydrogen-bond donors (Lipinski definition) is 1. The van der Waals surface area contributed by atoms with E-state index < -0.39 is 0 Å². The minimum atomic E-state index is -0.216. The van der Waals surface area contributed by atoms with Crippen molar-refractivity contribution < 1.29 is 4.39 Å². The molecular weight excluding hydrogens is 291 g/mol. The Morgan fingerprint density at radius 1 is 1.22 bits per heavy atom. The fourth-order valence-electron chi connectivity index (χ4n) is 3.03. The number of nitrogens with zero attached hydrogens (tertiary/aromatic N) is 3. The smallest absolute Gasteiger partial charge is 0.148 e. The van der Waals surface area contributed by atoms with Gasteiger partial charge in [-0.05, 0) is 44.5 Å². The first-order valence-corrected chi connectivity index (χ1v) is 8.13. The second-order valence-corrected chi connectivity index (χ2v) is 6.35. The van der Waals surface area contributed by atoms with Crippen LogP contribution in [0.25, 0.3) is 0 Å². The average molecular weight is 314 g/mol. The third-order valence-electron chi connectivity index (χ3n) is 4.61. The van der Waals surface area contributed by atoms with E-state index in [0.717, 1.165) is 36.5 Å². The van der Waals surface area contributed by atoms with Gasteiger partial charge in [0.05, 0.1) is 5.69 Å². The minimum Gasteiger partial charge on any atom is -0.366 e. The predicted octanol–water partition coefficient (Wildman–Crippen LogP) is 3.10. The molecule has 0 spiro atoms. The SMILES string of the molecule is C[C@H]1C[C@H](Nc2nccnc2Cc2ccc(F)cc2)CCN1C. The number of hydrogen-bond acceptors (Lipinski definition) is 4. The lowest BCUT2D eigenvalue weighted by atomic mass is 9.99. The van der Waals surface area contributed by atoms with Gasteiger partial charge >= 0.3 is 0 Å². The first kappa shape index (κ1) is 15.9. The van der Waals surface area contributed by atoms with E-state index in [1.165, 1.54) is 12.1 Å². The highest BCUT2D eigenvalue weighted by atomic mass is 19.1. The van der Waals surface area contributed by atoms with E-state index in [-0.39, 0.29) is 5.82 Å². The molecule has 23 heavy (non-hydrogen) atoms. The molecule has 2 aromatic rings. The van der Waals surface area contributed by atoms with E-state index in [0.29, 0.717) is 18.5 Å². The van der Waals surface area contributed by atoms with Gasteiger partial charge in [0.2, 0.25) is 0 Å². The number of piperidine rings is 1. The van der Waals surface area contributed by atoms with Crippen molar-refractivity contribution in [2.24, 2.45) is 0 Å². The van der Waals surface area contributed by atoms with Crippen LogP contribution in [0.4, 0.5) is 10.2 Å². The first-order valence-electron chi connectivity index (χ1n) is 8.13. The Hall–Kier alpha value is -2.01. The van der Waals surface area contributed by atoms with Gasteiger partial charge in [0, 0.05) is 37.4 Å². The van der Waals surface area contributed by atoms with Crippen LogP contribution in [0.5, 0.6) is 0 Å². The Balaban J connectivity index is 1.71. The van der Waals surface area contributed by atoms with Gasteiger partial charge < -0.3 is 10.2 Å². The topological polar surface area (TPSA) is 41.1 Å². The molecule has 0 saturated carbocycles. The molecule has 0 bridgehead atoms. The molecule has 4 nitrogen and oxygen atoms in total. The predicted molar refractivity (Wildman–Crippen MR) is 90.0 cm³/mol. The van der Waals surface area contributed by atoms with Gasteiger partial charge in [-0.2, -0.15) is 0 Å². The average Bonchev–Trinajstić information content (AvgIpc) is 2.55. The third kappa shape index (κ3) is 4.05. The van der Waals surface area contributed by atoms with E-state index in [9.17, 15) is 4.39 Å². The first-order chi connectivity index (χ1) is 11.1. The van der Waals surface area contributed by atoms with Crippen LogP contribution in [0.15, 0.2) is 36.7 Å². The van der Waals surface area contributed by atoms with Crippen molar-refractivity contribution in [2.75, 3.05) is 18.9 Å². The van der Waals surface area contributed by atoms with Crippen molar-refractivity contribution in [3.8, 4) is 0 Å². The number of aromatic nitrogens is 2. The van der Waals surface area contributed by atoms with Crippen LogP contribution in [0, 0.1) is 5.82 Å². The monoisotopic (exact) mass is 314 g/mol. The Kier molecular flexibility index (Phi) is 4.86. The van der Waals surface area contributed by atoms with Crippen molar-refractivity contribution in [3.05, 3.63) is 53.7 Å². The van der Waals surface area contributed by atoms with Crippen molar-refractivity contribution in [1.82, 2.24) is 14.9 Å². The largest absolute Gasteiger partial charge is 0.366 e. The maximum atomic E-state index is 13.0. The van der Waals surface area contributed by atoms with E-state index in [1.54, 1.807) is 24.5 Å². The van der Waals surface area contributed by atoms with Crippen LogP contribution in [-0.2, 0) is 6.42 Å². The molecule has 2 heterocycles. The zero-order valence-corrected chi connectivity index (χ0v) is 13.7. The van der Waals surface area contributed by atoms with E-state index in [4.69, 9.17) is 0 Å². The van der Waals surface area contributed by atoms with Gasteiger partial charge in [0.15, 0.2) is 0 Å². The van der Waals surface area contributed by atoms with Crippen LogP contribution >= 0.6 is 0 Å². The summed E-state index contributed by atoms with van der Waals surface area (Å²) >= 11 is 0. The number of anilines is 1. The molecule has 2 atom stereocenters. The quantitative estimate of drug-likeness (QED) is 0.941. The van der Waals surface area contributed by atoms with Crippen LogP contribution in [0.2, 0.25) is 0 Å². The molecule has 122 valence electrons. The molecule has 1 fully saturated rings. The van der Waals surface area contributed by atoms with Crippen LogP contribution in [0.1, 0.15) is 31.0 Å². The van der Waals surface area contributed by atoms with E-state index in [2.05, 4.69) is 34.2 Å². The second kappa shape index (κ2) is 7.04. The second-order valence-electron chi connectivity index (χ2n) is 6.35. The summed E-state index contributed by atoms with van der Waals surface area (Å²) in [4.78, 5) is 11.3. The molecule has 1 aromatic carbocycles. The fraction of sp³-hybridized carbons (Fsp3) is 0.444. The van der Waals surface area contributed by atoms with Gasteiger partial charge in [0.1, 0.15) is 11.6 Å². The zero-order valence-electron chi connectivity index (χ0n) is 13.7. The number of rotatable bonds is 4. The van der Waals surface area contributed by atoms with Crippen LogP contribution < -0.4 is 5.32 Å². The number of nitrogens with one attached hydrogen (secondary N) is 1. The van der Waals surface area contributed by atoms with Crippen molar-refractivity contribution in [1.29, 1.82) is 0 Å². The van der Waals surface area contributed by atoms with Crippen LogP contribution in [-0.4, -0.2) is 40.5 Å². The number of benzene rings is 1. The Morgan fingerprint density at radius 2 is 1.96 bits per heavy atom. The zero-order chi connectivity index (χ0) is 16.2. The van der Waals surface area contributed by atoms with Gasteiger partial charge in [-0.3, -0.25) is 4.98 Å². The number of halogens is 1. The molecule has 0 unspecified atom stereocenters. The lowest BCUT2D eigenvalue weighted by Gasteiger charge is -2.35. The Labute approximate surface area is 136 Å². The Bertz CT molecular complexity index is 644. The molecule has 0 radical (unpaired) electrons. The summed E-state index contributed by atoms with van der Waals surface area (Å²) < 4.78 is 13.0. The van der Waals surface area contributed by atoms with E-state index >= 15 is 0 Å². The van der Waals surface area contributed by atoms with Crippen molar-refractivity contribution in [3.63, 3.8) is 0 Å². The molecule has 1 aliphatic heterocycles. The summed E-state index contributed by atoms with van der Waals surface area (Å²) in [5, 5.41) is 3.56. The fourth-order valence-corrected chi connectivity index (χ4v) is 3.03. The third-order valence-corrected chi connectivity index (χ3v) is 4.61. The molecule has 1 aromatic heterocycles. The van der Waals surface area contributed by atoms with Gasteiger partial charge in [-0.15, -0.1) is 0 Å². The van der Waals surface area contributed by atoms with E-state index in [1.807, 2.05) is 0 Å². The standard InChI is InChI=1S/C18H23FN4/c1-13-11-16(7-10-23(13)2)22-18-17(20-8-9-21-18)12-14-3-5-15(19)6-4-14/h3-6,8-9,13,16H,7,10-12H2,1-2H3,(H,21,22)/t13-,16+/m0/s1. The van der Waals surface area contributed by atoms with Crippen molar-refractivity contribution in [2.45, 2.75) is 38.3 Å². The normalized spacial score (nSPS) is 22.0. The maximum absolute atomic E-state index is 13.0. The summed E-state index contributed by atoms with van der Waals surface area (Å²) in [5.41, 5.74) is 1.94. The summed E-state index contributed by atoms with van der Waals surface area (Å²) in [7, 11) is 2.17. The minimum absolute atomic E-state index is 0.216. The highest BCUT2D eigenvalue weighted by Crippen LogP contribution is 2.21. The molecule has 1 N–H and O–H groups in total. The summed E-state index contributed by atoms with van der Waals surface area (Å²) in [6.45, 7) is 3.34. The molecule has 3 rings (SSSR count). The maximum Gasteiger partial charge on any atom is 0.148 e. The van der Waals surface area contributed by atoms with Gasteiger partial charge in [-0.25, -0.2) is 9.37 Å².